The smallest absolute Gasteiger partial charge is 0.223 e. The van der Waals surface area contributed by atoms with Crippen LogP contribution in [0.15, 0.2) is 60.7 Å². The maximum absolute atomic E-state index is 10.9. The SMILES string of the molecule is C[C@H](N[C@H](C[N+](=O)[O-])c1ccccc1)c1ccccc1. The Balaban J connectivity index is 2.14. The summed E-state index contributed by atoms with van der Waals surface area (Å²) in [5, 5.41) is 14.2. The Hall–Kier alpha value is -2.20. The lowest BCUT2D eigenvalue weighted by atomic mass is 10.0. The predicted octanol–water partition coefficient (Wildman–Crippen LogP) is 3.36. The molecule has 2 rings (SSSR count). The monoisotopic (exact) mass is 270 g/mol. The molecule has 0 saturated heterocycles. The van der Waals surface area contributed by atoms with E-state index < -0.39 is 0 Å². The molecule has 1 N–H and O–H groups in total. The van der Waals surface area contributed by atoms with Crippen LogP contribution in [-0.4, -0.2) is 11.5 Å². The maximum atomic E-state index is 10.9. The molecule has 4 nitrogen and oxygen atoms in total. The van der Waals surface area contributed by atoms with Gasteiger partial charge in [-0.15, -0.1) is 0 Å². The van der Waals surface area contributed by atoms with Crippen molar-refractivity contribution in [3.8, 4) is 0 Å². The van der Waals surface area contributed by atoms with Crippen LogP contribution in [0, 0.1) is 10.1 Å². The number of nitrogens with one attached hydrogen (secondary N) is 1. The molecule has 0 aliphatic heterocycles. The molecule has 0 saturated carbocycles. The largest absolute Gasteiger partial charge is 0.298 e. The molecule has 2 atom stereocenters. The minimum Gasteiger partial charge on any atom is -0.298 e. The molecule has 0 heterocycles. The van der Waals surface area contributed by atoms with Crippen LogP contribution in [-0.2, 0) is 0 Å². The molecule has 0 spiro atoms. The van der Waals surface area contributed by atoms with Crippen LogP contribution in [0.25, 0.3) is 0 Å². The van der Waals surface area contributed by atoms with E-state index in [1.54, 1.807) is 0 Å². The van der Waals surface area contributed by atoms with Gasteiger partial charge in [-0.3, -0.25) is 15.4 Å². The van der Waals surface area contributed by atoms with Crippen molar-refractivity contribution in [2.75, 3.05) is 6.54 Å². The average Bonchev–Trinajstić information content (AvgIpc) is 2.48. The van der Waals surface area contributed by atoms with Crippen molar-refractivity contribution in [2.24, 2.45) is 0 Å². The third-order valence-electron chi connectivity index (χ3n) is 3.28. The first kappa shape index (κ1) is 14.2. The summed E-state index contributed by atoms with van der Waals surface area (Å²) >= 11 is 0. The lowest BCUT2D eigenvalue weighted by molar-refractivity contribution is -0.484. The highest BCUT2D eigenvalue weighted by Crippen LogP contribution is 2.19. The van der Waals surface area contributed by atoms with E-state index in [1.807, 2.05) is 67.6 Å². The zero-order valence-corrected chi connectivity index (χ0v) is 11.4. The normalized spacial score (nSPS) is 13.7. The Labute approximate surface area is 118 Å². The van der Waals surface area contributed by atoms with Crippen LogP contribution in [0.3, 0.4) is 0 Å². The molecule has 20 heavy (non-hydrogen) atoms. The van der Waals surface area contributed by atoms with Crippen molar-refractivity contribution in [1.82, 2.24) is 5.32 Å². The topological polar surface area (TPSA) is 55.2 Å². The van der Waals surface area contributed by atoms with Crippen LogP contribution >= 0.6 is 0 Å². The van der Waals surface area contributed by atoms with E-state index in [4.69, 9.17) is 0 Å². The zero-order valence-electron chi connectivity index (χ0n) is 11.4. The van der Waals surface area contributed by atoms with Crippen molar-refractivity contribution >= 4 is 0 Å². The molecule has 0 aromatic heterocycles. The molecular formula is C16H18N2O2. The minimum absolute atomic E-state index is 0.0568. The highest BCUT2D eigenvalue weighted by atomic mass is 16.6. The zero-order chi connectivity index (χ0) is 14.4. The van der Waals surface area contributed by atoms with Gasteiger partial charge in [-0.25, -0.2) is 0 Å². The van der Waals surface area contributed by atoms with Gasteiger partial charge in [0.2, 0.25) is 6.54 Å². The summed E-state index contributed by atoms with van der Waals surface area (Å²) in [6.45, 7) is 1.90. The van der Waals surface area contributed by atoms with Crippen molar-refractivity contribution in [3.63, 3.8) is 0 Å². The fraction of sp³-hybridized carbons (Fsp3) is 0.250. The minimum atomic E-state index is -0.290. The molecule has 0 amide bonds. The molecule has 104 valence electrons. The van der Waals surface area contributed by atoms with Gasteiger partial charge in [-0.05, 0) is 18.1 Å². The Morgan fingerprint density at radius 3 is 2.00 bits per heavy atom. The first-order valence-electron chi connectivity index (χ1n) is 6.64. The number of hydrogen-bond acceptors (Lipinski definition) is 3. The van der Waals surface area contributed by atoms with Crippen molar-refractivity contribution in [3.05, 3.63) is 81.9 Å². The standard InChI is InChI=1S/C16H18N2O2/c1-13(14-8-4-2-5-9-14)17-16(12-18(19)20)15-10-6-3-7-11-15/h2-11,13,16-17H,12H2,1H3/t13-,16+/m0/s1. The van der Waals surface area contributed by atoms with E-state index in [0.717, 1.165) is 11.1 Å². The molecule has 0 fully saturated rings. The summed E-state index contributed by atoms with van der Waals surface area (Å²) < 4.78 is 0. The van der Waals surface area contributed by atoms with Crippen molar-refractivity contribution in [2.45, 2.75) is 19.0 Å². The van der Waals surface area contributed by atoms with Crippen LogP contribution in [0.2, 0.25) is 0 Å². The van der Waals surface area contributed by atoms with Crippen molar-refractivity contribution < 1.29 is 4.92 Å². The summed E-state index contributed by atoms with van der Waals surface area (Å²) in [4.78, 5) is 10.6. The van der Waals surface area contributed by atoms with Gasteiger partial charge in [0.05, 0.1) is 6.04 Å². The van der Waals surface area contributed by atoms with Crippen LogP contribution in [0.5, 0.6) is 0 Å². The third kappa shape index (κ3) is 3.90. The number of benzene rings is 2. The second-order valence-corrected chi connectivity index (χ2v) is 4.78. The number of nitro groups is 1. The fourth-order valence-electron chi connectivity index (χ4n) is 2.23. The van der Waals surface area contributed by atoms with Gasteiger partial charge in [-0.1, -0.05) is 60.7 Å². The van der Waals surface area contributed by atoms with Gasteiger partial charge in [0, 0.05) is 11.0 Å². The molecule has 2 aromatic carbocycles. The summed E-state index contributed by atoms with van der Waals surface area (Å²) in [6.07, 6.45) is 0. The maximum Gasteiger partial charge on any atom is 0.223 e. The lowest BCUT2D eigenvalue weighted by Gasteiger charge is -2.21. The second kappa shape index (κ2) is 6.82. The van der Waals surface area contributed by atoms with Crippen LogP contribution < -0.4 is 5.32 Å². The molecule has 2 aromatic rings. The quantitative estimate of drug-likeness (QED) is 0.647. The highest BCUT2D eigenvalue weighted by molar-refractivity contribution is 5.22. The Bertz CT molecular complexity index is 543. The van der Waals surface area contributed by atoms with E-state index in [9.17, 15) is 10.1 Å². The van der Waals surface area contributed by atoms with Crippen LogP contribution in [0.1, 0.15) is 30.1 Å². The summed E-state index contributed by atoms with van der Waals surface area (Å²) in [7, 11) is 0. The summed E-state index contributed by atoms with van der Waals surface area (Å²) in [5.41, 5.74) is 2.06. The highest BCUT2D eigenvalue weighted by Gasteiger charge is 2.20. The molecule has 0 aliphatic rings. The molecular weight excluding hydrogens is 252 g/mol. The van der Waals surface area contributed by atoms with Gasteiger partial charge < -0.3 is 0 Å². The lowest BCUT2D eigenvalue weighted by Crippen LogP contribution is -2.30. The van der Waals surface area contributed by atoms with E-state index in [1.165, 1.54) is 0 Å². The van der Waals surface area contributed by atoms with E-state index in [2.05, 4.69) is 5.32 Å². The Kier molecular flexibility index (Phi) is 4.85. The van der Waals surface area contributed by atoms with E-state index in [-0.39, 0.29) is 23.6 Å². The fourth-order valence-corrected chi connectivity index (χ4v) is 2.23. The number of nitrogens with zero attached hydrogens (tertiary/aromatic N) is 1. The summed E-state index contributed by atoms with van der Waals surface area (Å²) in [6, 6.07) is 19.2. The molecule has 0 radical (unpaired) electrons. The van der Waals surface area contributed by atoms with Crippen LogP contribution in [0.4, 0.5) is 0 Å². The van der Waals surface area contributed by atoms with Gasteiger partial charge in [0.1, 0.15) is 0 Å². The number of rotatable bonds is 6. The van der Waals surface area contributed by atoms with Crippen molar-refractivity contribution in [1.29, 1.82) is 0 Å². The third-order valence-corrected chi connectivity index (χ3v) is 3.28. The Morgan fingerprint density at radius 2 is 1.50 bits per heavy atom. The first-order chi connectivity index (χ1) is 9.66. The predicted molar refractivity (Wildman–Crippen MR) is 79.0 cm³/mol. The molecule has 4 heteroatoms. The molecule has 0 unspecified atom stereocenters. The second-order valence-electron chi connectivity index (χ2n) is 4.78. The average molecular weight is 270 g/mol. The molecule has 0 bridgehead atoms. The Morgan fingerprint density at radius 1 is 1.00 bits per heavy atom. The summed E-state index contributed by atoms with van der Waals surface area (Å²) in [5.74, 6) is 0. The van der Waals surface area contributed by atoms with Gasteiger partial charge in [0.25, 0.3) is 0 Å². The van der Waals surface area contributed by atoms with Gasteiger partial charge in [0.15, 0.2) is 0 Å². The van der Waals surface area contributed by atoms with Gasteiger partial charge >= 0.3 is 0 Å². The van der Waals surface area contributed by atoms with E-state index in [0.29, 0.717) is 0 Å². The molecule has 0 aliphatic carbocycles. The first-order valence-corrected chi connectivity index (χ1v) is 6.64. The van der Waals surface area contributed by atoms with Gasteiger partial charge in [-0.2, -0.15) is 0 Å². The number of hydrogen-bond donors (Lipinski definition) is 1. The van der Waals surface area contributed by atoms with E-state index >= 15 is 0 Å².